The predicted molar refractivity (Wildman–Crippen MR) is 132 cm³/mol. The molecule has 0 atom stereocenters. The zero-order chi connectivity index (χ0) is 26.7. The summed E-state index contributed by atoms with van der Waals surface area (Å²) in [5, 5.41) is 15.0. The molecular formula is C25H20ClF3N4O4. The SMILES string of the molecule is COCc1nc2c(C(=O)Nc3cccc(Cl)c3CO)cc(NC(=O)c3ccccc3C(F)(F)F)cc2[nH]1. The van der Waals surface area contributed by atoms with Gasteiger partial charge in [0.1, 0.15) is 17.9 Å². The molecule has 37 heavy (non-hydrogen) atoms. The van der Waals surface area contributed by atoms with Crippen molar-refractivity contribution in [3.05, 3.63) is 87.7 Å². The summed E-state index contributed by atoms with van der Waals surface area (Å²) in [6, 6.07) is 11.8. The zero-order valence-electron chi connectivity index (χ0n) is 19.2. The number of amides is 2. The lowest BCUT2D eigenvalue weighted by Gasteiger charge is -2.14. The minimum atomic E-state index is -4.73. The number of nitrogens with one attached hydrogen (secondary N) is 3. The number of methoxy groups -OCH3 is 1. The molecule has 4 N–H and O–H groups in total. The van der Waals surface area contributed by atoms with Crippen LogP contribution in [0.4, 0.5) is 24.5 Å². The molecule has 12 heteroatoms. The first-order chi connectivity index (χ1) is 17.6. The summed E-state index contributed by atoms with van der Waals surface area (Å²) in [6.45, 7) is -0.334. The van der Waals surface area contributed by atoms with Crippen LogP contribution in [0.5, 0.6) is 0 Å². The van der Waals surface area contributed by atoms with Crippen molar-refractivity contribution >= 4 is 45.8 Å². The quantitative estimate of drug-likeness (QED) is 0.255. The van der Waals surface area contributed by atoms with Crippen LogP contribution in [0.25, 0.3) is 11.0 Å². The maximum atomic E-state index is 13.4. The molecule has 0 bridgehead atoms. The normalized spacial score (nSPS) is 11.5. The molecule has 0 fully saturated rings. The molecule has 1 aromatic heterocycles. The van der Waals surface area contributed by atoms with E-state index in [1.54, 1.807) is 18.2 Å². The number of benzene rings is 3. The van der Waals surface area contributed by atoms with E-state index in [1.807, 2.05) is 0 Å². The molecule has 4 rings (SSSR count). The van der Waals surface area contributed by atoms with Crippen molar-refractivity contribution in [3.8, 4) is 0 Å². The van der Waals surface area contributed by atoms with Gasteiger partial charge in [-0.3, -0.25) is 9.59 Å². The van der Waals surface area contributed by atoms with Gasteiger partial charge in [0, 0.05) is 29.1 Å². The number of carbonyl (C=O) groups excluding carboxylic acids is 2. The molecule has 0 aliphatic rings. The van der Waals surface area contributed by atoms with Crippen molar-refractivity contribution in [3.63, 3.8) is 0 Å². The molecule has 8 nitrogen and oxygen atoms in total. The number of aliphatic hydroxyl groups excluding tert-OH is 1. The number of halogens is 4. The van der Waals surface area contributed by atoms with E-state index in [0.717, 1.165) is 12.1 Å². The third-order valence-corrected chi connectivity index (χ3v) is 5.78. The minimum absolute atomic E-state index is 0.0133. The first kappa shape index (κ1) is 26.1. The van der Waals surface area contributed by atoms with E-state index in [1.165, 1.54) is 31.4 Å². The molecule has 1 heterocycles. The van der Waals surface area contributed by atoms with Crippen molar-refractivity contribution in [1.82, 2.24) is 9.97 Å². The maximum Gasteiger partial charge on any atom is 0.417 e. The lowest BCUT2D eigenvalue weighted by atomic mass is 10.1. The summed E-state index contributed by atoms with van der Waals surface area (Å²) in [5.41, 5.74) is -0.456. The van der Waals surface area contributed by atoms with Gasteiger partial charge in [-0.2, -0.15) is 13.2 Å². The predicted octanol–water partition coefficient (Wildman–Crippen LogP) is 5.38. The Morgan fingerprint density at radius 3 is 2.49 bits per heavy atom. The number of aromatic nitrogens is 2. The fourth-order valence-electron chi connectivity index (χ4n) is 3.77. The van der Waals surface area contributed by atoms with E-state index in [9.17, 15) is 27.9 Å². The van der Waals surface area contributed by atoms with E-state index in [4.69, 9.17) is 16.3 Å². The molecule has 0 saturated heterocycles. The first-order valence-corrected chi connectivity index (χ1v) is 11.2. The fourth-order valence-corrected chi connectivity index (χ4v) is 4.01. The number of carbonyl (C=O) groups is 2. The van der Waals surface area contributed by atoms with Gasteiger partial charge >= 0.3 is 6.18 Å². The second-order valence-electron chi connectivity index (χ2n) is 7.91. The highest BCUT2D eigenvalue weighted by atomic mass is 35.5. The average Bonchev–Trinajstić information content (AvgIpc) is 3.25. The summed E-state index contributed by atoms with van der Waals surface area (Å²) >= 11 is 6.11. The van der Waals surface area contributed by atoms with E-state index < -0.39 is 35.7 Å². The van der Waals surface area contributed by atoms with Crippen LogP contribution in [0.15, 0.2) is 54.6 Å². The van der Waals surface area contributed by atoms with Crippen LogP contribution in [-0.2, 0) is 24.1 Å². The standard InChI is InChI=1S/C25H20ClF3N4O4/c1-37-12-21-31-20-10-13(30-23(35)14-5-2-3-6-17(14)25(27,28)29)9-15(22(20)33-21)24(36)32-19-8-4-7-18(26)16(19)11-34/h2-10,34H,11-12H2,1H3,(H,30,35)(H,31,33)(H,32,36). The number of rotatable bonds is 7. The number of nitrogens with zero attached hydrogens (tertiary/aromatic N) is 1. The fraction of sp³-hybridized carbons (Fsp3) is 0.160. The number of hydrogen-bond acceptors (Lipinski definition) is 5. The van der Waals surface area contributed by atoms with Crippen molar-refractivity contribution in [2.24, 2.45) is 0 Å². The van der Waals surface area contributed by atoms with Crippen LogP contribution in [0.1, 0.15) is 37.7 Å². The third-order valence-electron chi connectivity index (χ3n) is 5.42. The smallest absolute Gasteiger partial charge is 0.392 e. The highest BCUT2D eigenvalue weighted by Gasteiger charge is 2.35. The van der Waals surface area contributed by atoms with E-state index in [0.29, 0.717) is 16.9 Å². The lowest BCUT2D eigenvalue weighted by molar-refractivity contribution is -0.137. The largest absolute Gasteiger partial charge is 0.417 e. The van der Waals surface area contributed by atoms with Gasteiger partial charge in [0.25, 0.3) is 11.8 Å². The molecule has 0 aliphatic carbocycles. The van der Waals surface area contributed by atoms with Gasteiger partial charge in [0.15, 0.2) is 0 Å². The molecule has 3 aromatic carbocycles. The molecule has 192 valence electrons. The lowest BCUT2D eigenvalue weighted by Crippen LogP contribution is -2.19. The summed E-state index contributed by atoms with van der Waals surface area (Å²) < 4.78 is 45.3. The number of H-pyrrole nitrogens is 1. The van der Waals surface area contributed by atoms with Gasteiger partial charge in [-0.05, 0) is 36.4 Å². The van der Waals surface area contributed by atoms with Crippen LogP contribution in [0, 0.1) is 0 Å². The number of aliphatic hydroxyl groups is 1. The molecule has 2 amide bonds. The second-order valence-corrected chi connectivity index (χ2v) is 8.32. The van der Waals surface area contributed by atoms with Gasteiger partial charge in [-0.25, -0.2) is 4.98 Å². The van der Waals surface area contributed by atoms with E-state index >= 15 is 0 Å². The zero-order valence-corrected chi connectivity index (χ0v) is 20.0. The van der Waals surface area contributed by atoms with Crippen LogP contribution in [-0.4, -0.2) is 34.0 Å². The Morgan fingerprint density at radius 1 is 1.05 bits per heavy atom. The van der Waals surface area contributed by atoms with Gasteiger partial charge in [0.2, 0.25) is 0 Å². The molecule has 0 radical (unpaired) electrons. The van der Waals surface area contributed by atoms with Crippen LogP contribution in [0.2, 0.25) is 5.02 Å². The highest BCUT2D eigenvalue weighted by Crippen LogP contribution is 2.33. The number of hydrogen-bond donors (Lipinski definition) is 4. The third kappa shape index (κ3) is 5.58. The summed E-state index contributed by atoms with van der Waals surface area (Å²) in [5.74, 6) is -1.27. The molecule has 4 aromatic rings. The summed E-state index contributed by atoms with van der Waals surface area (Å²) in [4.78, 5) is 33.4. The Kier molecular flexibility index (Phi) is 7.48. The van der Waals surface area contributed by atoms with Crippen molar-refractivity contribution < 1.29 is 32.6 Å². The Labute approximate surface area is 213 Å². The van der Waals surface area contributed by atoms with Gasteiger partial charge < -0.3 is 25.5 Å². The summed E-state index contributed by atoms with van der Waals surface area (Å²) in [6.07, 6.45) is -4.73. The van der Waals surface area contributed by atoms with Crippen LogP contribution < -0.4 is 10.6 Å². The molecule has 0 unspecified atom stereocenters. The number of fused-ring (bicyclic) bond motifs is 1. The topological polar surface area (TPSA) is 116 Å². The monoisotopic (exact) mass is 532 g/mol. The molecular weight excluding hydrogens is 513 g/mol. The van der Waals surface area contributed by atoms with Gasteiger partial charge in [-0.1, -0.05) is 29.8 Å². The highest BCUT2D eigenvalue weighted by molar-refractivity contribution is 6.32. The number of alkyl halides is 3. The van der Waals surface area contributed by atoms with E-state index in [2.05, 4.69) is 20.6 Å². The number of imidazole rings is 1. The molecule has 0 spiro atoms. The molecule has 0 aliphatic heterocycles. The van der Waals surface area contributed by atoms with Crippen molar-refractivity contribution in [2.75, 3.05) is 17.7 Å². The van der Waals surface area contributed by atoms with E-state index in [-0.39, 0.29) is 34.1 Å². The summed E-state index contributed by atoms with van der Waals surface area (Å²) in [7, 11) is 1.46. The molecule has 0 saturated carbocycles. The van der Waals surface area contributed by atoms with Crippen LogP contribution in [0.3, 0.4) is 0 Å². The van der Waals surface area contributed by atoms with Crippen molar-refractivity contribution in [2.45, 2.75) is 19.4 Å². The average molecular weight is 533 g/mol. The van der Waals surface area contributed by atoms with Crippen molar-refractivity contribution in [1.29, 1.82) is 0 Å². The Bertz CT molecular complexity index is 1490. The van der Waals surface area contributed by atoms with Gasteiger partial charge in [-0.15, -0.1) is 0 Å². The second kappa shape index (κ2) is 10.6. The number of aromatic amines is 1. The first-order valence-electron chi connectivity index (χ1n) is 10.8. The maximum absolute atomic E-state index is 13.4. The number of anilines is 2. The Morgan fingerprint density at radius 2 is 1.78 bits per heavy atom. The minimum Gasteiger partial charge on any atom is -0.392 e. The van der Waals surface area contributed by atoms with Crippen LogP contribution >= 0.6 is 11.6 Å². The van der Waals surface area contributed by atoms with Gasteiger partial charge in [0.05, 0.1) is 28.8 Å². The Balaban J connectivity index is 1.74. The number of ether oxygens (including phenoxy) is 1. The Hall–Kier alpha value is -3.93.